The van der Waals surface area contributed by atoms with E-state index < -0.39 is 12.1 Å². The first-order valence-electron chi connectivity index (χ1n) is 7.07. The maximum atomic E-state index is 11.1. The van der Waals surface area contributed by atoms with E-state index in [0.29, 0.717) is 11.8 Å². The summed E-state index contributed by atoms with van der Waals surface area (Å²) in [7, 11) is 0. The van der Waals surface area contributed by atoms with Crippen LogP contribution < -0.4 is 0 Å². The first-order valence-corrected chi connectivity index (χ1v) is 7.07. The molecule has 112 valence electrons. The molecule has 1 atom stereocenters. The first kappa shape index (κ1) is 18.0. The van der Waals surface area contributed by atoms with Gasteiger partial charge in [-0.25, -0.2) is 4.79 Å². The van der Waals surface area contributed by atoms with Gasteiger partial charge in [0.2, 0.25) is 0 Å². The molecule has 0 heterocycles. The van der Waals surface area contributed by atoms with Crippen molar-refractivity contribution in [2.75, 3.05) is 0 Å². The van der Waals surface area contributed by atoms with Crippen LogP contribution in [0.2, 0.25) is 0 Å². The molecule has 0 fully saturated rings. The molecule has 0 spiro atoms. The first-order chi connectivity index (χ1) is 8.51. The summed E-state index contributed by atoms with van der Waals surface area (Å²) in [6.45, 7) is 12.7. The average Bonchev–Trinajstić information content (AvgIpc) is 2.17. The lowest BCUT2D eigenvalue weighted by atomic mass is 9.89. The van der Waals surface area contributed by atoms with Crippen LogP contribution in [0.25, 0.3) is 0 Å². The second-order valence-electron chi connectivity index (χ2n) is 7.44. The molecule has 3 heteroatoms. The van der Waals surface area contributed by atoms with Gasteiger partial charge in [-0.1, -0.05) is 48.0 Å². The minimum atomic E-state index is -0.880. The molecule has 0 aliphatic heterocycles. The third-order valence-corrected chi connectivity index (χ3v) is 2.73. The van der Waals surface area contributed by atoms with Crippen LogP contribution in [0.1, 0.15) is 67.2 Å². The number of rotatable bonds is 7. The fourth-order valence-corrected chi connectivity index (χ4v) is 1.57. The Kier molecular flexibility index (Phi) is 7.17. The third-order valence-electron chi connectivity index (χ3n) is 2.73. The van der Waals surface area contributed by atoms with Gasteiger partial charge in [-0.2, -0.15) is 0 Å². The highest BCUT2D eigenvalue weighted by Crippen LogP contribution is 2.23. The molecule has 0 bridgehead atoms. The molecule has 0 aliphatic rings. The van der Waals surface area contributed by atoms with Gasteiger partial charge in [0.25, 0.3) is 0 Å². The van der Waals surface area contributed by atoms with Gasteiger partial charge in [0, 0.05) is 0 Å². The Morgan fingerprint density at radius 3 is 2.16 bits per heavy atom. The Morgan fingerprint density at radius 2 is 1.74 bits per heavy atom. The van der Waals surface area contributed by atoms with Crippen LogP contribution in [0, 0.1) is 10.8 Å². The summed E-state index contributed by atoms with van der Waals surface area (Å²) >= 11 is 0. The molecule has 0 aromatic rings. The molecule has 0 rings (SSSR count). The standard InChI is InChI=1S/C16H30O3/c1-15(2,3)10-8-7-9-13(14(17)18)19-12-11-16(4,5)6/h11-13H,7-10H2,1-6H3,(H,17,18). The molecule has 0 saturated heterocycles. The highest BCUT2D eigenvalue weighted by atomic mass is 16.5. The minimum Gasteiger partial charge on any atom is -0.487 e. The van der Waals surface area contributed by atoms with E-state index in [1.165, 1.54) is 6.26 Å². The van der Waals surface area contributed by atoms with Gasteiger partial charge in [-0.05, 0) is 36.2 Å². The Hall–Kier alpha value is -0.990. The van der Waals surface area contributed by atoms with Crippen LogP contribution in [0.5, 0.6) is 0 Å². The van der Waals surface area contributed by atoms with E-state index >= 15 is 0 Å². The van der Waals surface area contributed by atoms with Gasteiger partial charge in [0.1, 0.15) is 0 Å². The maximum absolute atomic E-state index is 11.1. The van der Waals surface area contributed by atoms with Gasteiger partial charge in [-0.3, -0.25) is 0 Å². The van der Waals surface area contributed by atoms with E-state index in [0.717, 1.165) is 19.3 Å². The van der Waals surface area contributed by atoms with Crippen molar-refractivity contribution < 1.29 is 14.6 Å². The number of aliphatic carboxylic acids is 1. The van der Waals surface area contributed by atoms with Crippen LogP contribution >= 0.6 is 0 Å². The van der Waals surface area contributed by atoms with Crippen molar-refractivity contribution in [1.29, 1.82) is 0 Å². The van der Waals surface area contributed by atoms with E-state index in [-0.39, 0.29) is 5.41 Å². The van der Waals surface area contributed by atoms with Crippen LogP contribution in [0.3, 0.4) is 0 Å². The second-order valence-corrected chi connectivity index (χ2v) is 7.44. The quantitative estimate of drug-likeness (QED) is 0.542. The van der Waals surface area contributed by atoms with E-state index in [4.69, 9.17) is 9.84 Å². The van der Waals surface area contributed by atoms with Crippen LogP contribution in [-0.4, -0.2) is 17.2 Å². The van der Waals surface area contributed by atoms with Gasteiger partial charge in [-0.15, -0.1) is 0 Å². The lowest BCUT2D eigenvalue weighted by Crippen LogP contribution is -2.22. The maximum Gasteiger partial charge on any atom is 0.344 e. The van der Waals surface area contributed by atoms with Crippen LogP contribution in [0.15, 0.2) is 12.3 Å². The van der Waals surface area contributed by atoms with Crippen molar-refractivity contribution in [3.8, 4) is 0 Å². The summed E-state index contributed by atoms with van der Waals surface area (Å²) in [5.74, 6) is -0.880. The Balaban J connectivity index is 4.08. The number of ether oxygens (including phenoxy) is 1. The summed E-state index contributed by atoms with van der Waals surface area (Å²) in [6, 6.07) is 0. The van der Waals surface area contributed by atoms with Gasteiger partial charge in [0.15, 0.2) is 6.10 Å². The fourth-order valence-electron chi connectivity index (χ4n) is 1.57. The zero-order chi connectivity index (χ0) is 15.1. The van der Waals surface area contributed by atoms with Crippen LogP contribution in [-0.2, 0) is 9.53 Å². The van der Waals surface area contributed by atoms with Crippen molar-refractivity contribution in [2.45, 2.75) is 73.3 Å². The monoisotopic (exact) mass is 270 g/mol. The van der Waals surface area contributed by atoms with Crippen molar-refractivity contribution in [3.63, 3.8) is 0 Å². The van der Waals surface area contributed by atoms with Crippen molar-refractivity contribution in [1.82, 2.24) is 0 Å². The normalized spacial score (nSPS) is 14.6. The van der Waals surface area contributed by atoms with Gasteiger partial charge in [0.05, 0.1) is 6.26 Å². The molecule has 0 radical (unpaired) electrons. The van der Waals surface area contributed by atoms with Gasteiger partial charge < -0.3 is 9.84 Å². The molecule has 3 nitrogen and oxygen atoms in total. The molecule has 0 saturated carbocycles. The molecule has 19 heavy (non-hydrogen) atoms. The number of unbranched alkanes of at least 4 members (excludes halogenated alkanes) is 1. The van der Waals surface area contributed by atoms with E-state index in [9.17, 15) is 4.79 Å². The largest absolute Gasteiger partial charge is 0.487 e. The average molecular weight is 270 g/mol. The Labute approximate surface area is 118 Å². The van der Waals surface area contributed by atoms with E-state index in [1.807, 2.05) is 26.8 Å². The second kappa shape index (κ2) is 7.56. The Bertz CT molecular complexity index is 292. The minimum absolute atomic E-state index is 0.00921. The smallest absolute Gasteiger partial charge is 0.344 e. The summed E-state index contributed by atoms with van der Waals surface area (Å²) in [5.41, 5.74) is 0.320. The number of hydrogen-bond acceptors (Lipinski definition) is 2. The highest BCUT2D eigenvalue weighted by Gasteiger charge is 2.18. The summed E-state index contributed by atoms with van der Waals surface area (Å²) in [4.78, 5) is 11.1. The number of allylic oxidation sites excluding steroid dienone is 1. The molecular weight excluding hydrogens is 240 g/mol. The van der Waals surface area contributed by atoms with E-state index in [2.05, 4.69) is 20.8 Å². The molecule has 1 unspecified atom stereocenters. The summed E-state index contributed by atoms with van der Waals surface area (Å²) in [6.07, 6.45) is 6.30. The number of carboxylic acid groups (broad SMARTS) is 1. The molecule has 0 amide bonds. The SMILES string of the molecule is CC(C)(C)C=COC(CCCCC(C)(C)C)C(=O)O. The summed E-state index contributed by atoms with van der Waals surface area (Å²) in [5, 5.41) is 9.10. The zero-order valence-corrected chi connectivity index (χ0v) is 13.3. The topological polar surface area (TPSA) is 46.5 Å². The van der Waals surface area contributed by atoms with Crippen molar-refractivity contribution >= 4 is 5.97 Å². The predicted octanol–water partition coefficient (Wildman–Crippen LogP) is 4.62. The molecule has 0 aliphatic carbocycles. The van der Waals surface area contributed by atoms with Crippen LogP contribution in [0.4, 0.5) is 0 Å². The molecular formula is C16H30O3. The number of hydrogen-bond donors (Lipinski definition) is 1. The lowest BCUT2D eigenvalue weighted by Gasteiger charge is -2.18. The Morgan fingerprint density at radius 1 is 1.16 bits per heavy atom. The predicted molar refractivity (Wildman–Crippen MR) is 79.0 cm³/mol. The fraction of sp³-hybridized carbons (Fsp3) is 0.812. The van der Waals surface area contributed by atoms with Crippen molar-refractivity contribution in [3.05, 3.63) is 12.3 Å². The highest BCUT2D eigenvalue weighted by molar-refractivity contribution is 5.72. The van der Waals surface area contributed by atoms with Gasteiger partial charge >= 0.3 is 5.97 Å². The molecule has 0 aromatic heterocycles. The molecule has 0 aromatic carbocycles. The molecule has 1 N–H and O–H groups in total. The van der Waals surface area contributed by atoms with Crippen molar-refractivity contribution in [2.24, 2.45) is 10.8 Å². The van der Waals surface area contributed by atoms with E-state index in [1.54, 1.807) is 0 Å². The zero-order valence-electron chi connectivity index (χ0n) is 13.3. The third kappa shape index (κ3) is 11.8. The number of carboxylic acids is 1. The lowest BCUT2D eigenvalue weighted by molar-refractivity contribution is -0.147. The number of carbonyl (C=O) groups is 1. The summed E-state index contributed by atoms with van der Waals surface area (Å²) < 4.78 is 5.33.